The minimum Gasteiger partial charge on any atom is -0.320 e. The van der Waals surface area contributed by atoms with Gasteiger partial charge in [0.2, 0.25) is 6.29 Å². The molecule has 0 aliphatic heterocycles. The van der Waals surface area contributed by atoms with Crippen LogP contribution in [0.5, 0.6) is 0 Å². The van der Waals surface area contributed by atoms with Gasteiger partial charge in [0.05, 0.1) is 6.04 Å². The summed E-state index contributed by atoms with van der Waals surface area (Å²) in [6.07, 6.45) is 3.57. The van der Waals surface area contributed by atoms with Crippen LogP contribution >= 0.6 is 11.8 Å². The number of hydrogen-bond donors (Lipinski definition) is 1. The lowest BCUT2D eigenvalue weighted by Gasteiger charge is -1.94. The highest BCUT2D eigenvalue weighted by Gasteiger charge is 1.95. The van der Waals surface area contributed by atoms with E-state index in [1.54, 1.807) is 18.0 Å². The predicted molar refractivity (Wildman–Crippen MR) is 32.1 cm³/mol. The quantitative estimate of drug-likeness (QED) is 0.557. The number of nitrogens with two attached hydrogens (primary N) is 1. The van der Waals surface area contributed by atoms with Gasteiger partial charge in [-0.05, 0) is 6.26 Å². The molecule has 0 bridgehead atoms. The normalized spacial score (nSPS) is 13.4. The molecule has 0 aliphatic carbocycles. The van der Waals surface area contributed by atoms with Crippen LogP contribution in [-0.2, 0) is 4.79 Å². The second-order valence-corrected chi connectivity index (χ2v) is 2.09. The van der Waals surface area contributed by atoms with Crippen molar-refractivity contribution in [3.63, 3.8) is 0 Å². The van der Waals surface area contributed by atoms with Crippen LogP contribution in [0.15, 0.2) is 0 Å². The van der Waals surface area contributed by atoms with Gasteiger partial charge in [-0.15, -0.1) is 0 Å². The second kappa shape index (κ2) is 4.15. The number of hydrogen-bond acceptors (Lipinski definition) is 3. The van der Waals surface area contributed by atoms with E-state index in [0.717, 1.165) is 0 Å². The molecule has 0 amide bonds. The molecule has 7 heavy (non-hydrogen) atoms. The highest BCUT2D eigenvalue weighted by Crippen LogP contribution is 1.90. The molecule has 3 heteroatoms. The zero-order chi connectivity index (χ0) is 5.70. The van der Waals surface area contributed by atoms with Gasteiger partial charge in [0.15, 0.2) is 0 Å². The fourth-order valence-electron chi connectivity index (χ4n) is 0.214. The highest BCUT2D eigenvalue weighted by molar-refractivity contribution is 7.98. The molecule has 41 valence electrons. The maximum absolute atomic E-state index is 9.63. The van der Waals surface area contributed by atoms with Gasteiger partial charge in [0.1, 0.15) is 0 Å². The standard InChI is InChI=1S/C4H8NOS/c1-7-3-4(5)2-6/h4H,3,5H2,1H3. The summed E-state index contributed by atoms with van der Waals surface area (Å²) in [7, 11) is 0. The summed E-state index contributed by atoms with van der Waals surface area (Å²) in [5.74, 6) is 0.670. The Kier molecular flexibility index (Phi) is 4.14. The van der Waals surface area contributed by atoms with Crippen molar-refractivity contribution in [1.29, 1.82) is 0 Å². The van der Waals surface area contributed by atoms with E-state index >= 15 is 0 Å². The van der Waals surface area contributed by atoms with E-state index in [1.807, 2.05) is 6.26 Å². The van der Waals surface area contributed by atoms with Crippen LogP contribution in [-0.4, -0.2) is 24.3 Å². The van der Waals surface area contributed by atoms with Gasteiger partial charge in [0, 0.05) is 5.75 Å². The summed E-state index contributed by atoms with van der Waals surface area (Å²) in [6.45, 7) is 0. The molecular weight excluding hydrogens is 110 g/mol. The monoisotopic (exact) mass is 118 g/mol. The van der Waals surface area contributed by atoms with Crippen molar-refractivity contribution in [2.45, 2.75) is 6.04 Å². The minimum absolute atomic E-state index is 0.394. The molecule has 0 aromatic heterocycles. The molecule has 0 aromatic rings. The Labute approximate surface area is 47.5 Å². The van der Waals surface area contributed by atoms with Gasteiger partial charge in [-0.3, -0.25) is 4.79 Å². The maximum atomic E-state index is 9.63. The Bertz CT molecular complexity index is 57.7. The number of rotatable bonds is 3. The van der Waals surface area contributed by atoms with Gasteiger partial charge in [-0.2, -0.15) is 11.8 Å². The predicted octanol–water partition coefficient (Wildman–Crippen LogP) is -0.214. The lowest BCUT2D eigenvalue weighted by molar-refractivity contribution is 0.546. The van der Waals surface area contributed by atoms with E-state index in [0.29, 0.717) is 5.75 Å². The Morgan fingerprint density at radius 1 is 2.00 bits per heavy atom. The van der Waals surface area contributed by atoms with E-state index in [-0.39, 0.29) is 0 Å². The van der Waals surface area contributed by atoms with Crippen LogP contribution < -0.4 is 5.73 Å². The topological polar surface area (TPSA) is 43.1 Å². The largest absolute Gasteiger partial charge is 0.320 e. The summed E-state index contributed by atoms with van der Waals surface area (Å²) in [5, 5.41) is 0. The smallest absolute Gasteiger partial charge is 0.217 e. The van der Waals surface area contributed by atoms with Gasteiger partial charge in [0.25, 0.3) is 0 Å². The Morgan fingerprint density at radius 3 is 2.71 bits per heavy atom. The lowest BCUT2D eigenvalue weighted by atomic mass is 10.4. The first-order chi connectivity index (χ1) is 3.31. The third-order valence-electron chi connectivity index (χ3n) is 0.498. The van der Waals surface area contributed by atoms with E-state index in [4.69, 9.17) is 5.73 Å². The first-order valence-electron chi connectivity index (χ1n) is 1.93. The molecule has 0 aliphatic rings. The van der Waals surface area contributed by atoms with Crippen LogP contribution in [0.2, 0.25) is 0 Å². The van der Waals surface area contributed by atoms with Crippen molar-refractivity contribution in [1.82, 2.24) is 0 Å². The van der Waals surface area contributed by atoms with Crippen molar-refractivity contribution < 1.29 is 4.79 Å². The Morgan fingerprint density at radius 2 is 2.57 bits per heavy atom. The fourth-order valence-corrected chi connectivity index (χ4v) is 0.641. The Hall–Kier alpha value is -0.0200. The molecule has 1 atom stereocenters. The molecule has 0 saturated carbocycles. The average Bonchev–Trinajstić information content (AvgIpc) is 1.68. The Balaban J connectivity index is 2.98. The third-order valence-corrected chi connectivity index (χ3v) is 1.19. The molecule has 1 unspecified atom stereocenters. The van der Waals surface area contributed by atoms with Crippen LogP contribution in [0.25, 0.3) is 0 Å². The third kappa shape index (κ3) is 3.82. The van der Waals surface area contributed by atoms with Crippen molar-refractivity contribution in [2.75, 3.05) is 12.0 Å². The highest BCUT2D eigenvalue weighted by atomic mass is 32.2. The van der Waals surface area contributed by atoms with Crippen molar-refractivity contribution >= 4 is 18.0 Å². The van der Waals surface area contributed by atoms with Crippen molar-refractivity contribution in [3.05, 3.63) is 0 Å². The first kappa shape index (κ1) is 6.98. The molecule has 1 radical (unpaired) electrons. The van der Waals surface area contributed by atoms with Crippen molar-refractivity contribution in [3.8, 4) is 0 Å². The summed E-state index contributed by atoms with van der Waals surface area (Å²) < 4.78 is 0. The molecule has 0 spiro atoms. The van der Waals surface area contributed by atoms with Gasteiger partial charge < -0.3 is 5.73 Å². The van der Waals surface area contributed by atoms with Crippen LogP contribution in [0.4, 0.5) is 0 Å². The van der Waals surface area contributed by atoms with Crippen LogP contribution in [0, 0.1) is 0 Å². The SMILES string of the molecule is CSCC(N)[C]=O. The van der Waals surface area contributed by atoms with E-state index in [1.165, 1.54) is 0 Å². The summed E-state index contributed by atoms with van der Waals surface area (Å²) in [4.78, 5) is 9.63. The van der Waals surface area contributed by atoms with Crippen LogP contribution in [0.1, 0.15) is 0 Å². The summed E-state index contributed by atoms with van der Waals surface area (Å²) in [6, 6.07) is -0.394. The van der Waals surface area contributed by atoms with E-state index < -0.39 is 6.04 Å². The minimum atomic E-state index is -0.394. The molecule has 0 aromatic carbocycles. The second-order valence-electron chi connectivity index (χ2n) is 1.18. The first-order valence-corrected chi connectivity index (χ1v) is 3.33. The van der Waals surface area contributed by atoms with E-state index in [9.17, 15) is 4.79 Å². The zero-order valence-corrected chi connectivity index (χ0v) is 4.99. The molecule has 2 N–H and O–H groups in total. The lowest BCUT2D eigenvalue weighted by Crippen LogP contribution is -2.23. The molecule has 2 nitrogen and oxygen atoms in total. The van der Waals surface area contributed by atoms with Gasteiger partial charge >= 0.3 is 0 Å². The van der Waals surface area contributed by atoms with Crippen molar-refractivity contribution in [2.24, 2.45) is 5.73 Å². The molecular formula is C4H8NOS. The molecule has 0 fully saturated rings. The van der Waals surface area contributed by atoms with Gasteiger partial charge in [-0.25, -0.2) is 0 Å². The molecule has 0 saturated heterocycles. The fraction of sp³-hybridized carbons (Fsp3) is 0.750. The number of thioether (sulfide) groups is 1. The average molecular weight is 118 g/mol. The molecule has 0 rings (SSSR count). The van der Waals surface area contributed by atoms with E-state index in [2.05, 4.69) is 0 Å². The zero-order valence-electron chi connectivity index (χ0n) is 4.18. The summed E-state index contributed by atoms with van der Waals surface area (Å²) >= 11 is 1.55. The van der Waals surface area contributed by atoms with Crippen LogP contribution in [0.3, 0.4) is 0 Å². The molecule has 0 heterocycles. The maximum Gasteiger partial charge on any atom is 0.217 e. The number of carbonyl (C=O) groups excluding carboxylic acids is 1. The van der Waals surface area contributed by atoms with Gasteiger partial charge in [-0.1, -0.05) is 0 Å². The summed E-state index contributed by atoms with van der Waals surface area (Å²) in [5.41, 5.74) is 5.14.